The highest BCUT2D eigenvalue weighted by Crippen LogP contribution is 2.32. The van der Waals surface area contributed by atoms with Crippen molar-refractivity contribution < 1.29 is 32.5 Å². The summed E-state index contributed by atoms with van der Waals surface area (Å²) < 4.78 is 45.5. The Morgan fingerprint density at radius 3 is 2.61 bits per heavy atom. The number of methoxy groups -OCH3 is 1. The number of hydrogen-bond donors (Lipinski definition) is 2. The molecule has 10 nitrogen and oxygen atoms in total. The molecule has 0 radical (unpaired) electrons. The Morgan fingerprint density at radius 2 is 1.89 bits per heavy atom. The lowest BCUT2D eigenvalue weighted by Crippen LogP contribution is -2.57. The Labute approximate surface area is 213 Å². The van der Waals surface area contributed by atoms with Crippen LogP contribution in [0, 0.1) is 0 Å². The number of rotatable bonds is 8. The molecule has 3 heterocycles. The SMILES string of the molecule is COc1ccc(S(=O)(=O)N2C[C@H](O)COC[C@H]3O[C@H](CC(=O)NCCN4CCCCC4)CC[C@@H]32)cc1. The first-order valence-corrected chi connectivity index (χ1v) is 14.4. The monoisotopic (exact) mass is 525 g/mol. The van der Waals surface area contributed by atoms with Crippen molar-refractivity contribution in [2.75, 3.05) is 53.0 Å². The molecule has 0 aliphatic carbocycles. The number of likely N-dealkylation sites (tertiary alicyclic amines) is 1. The number of carbonyl (C=O) groups is 1. The molecule has 4 rings (SSSR count). The fourth-order valence-corrected chi connectivity index (χ4v) is 6.99. The summed E-state index contributed by atoms with van der Waals surface area (Å²) >= 11 is 0. The Morgan fingerprint density at radius 1 is 1.14 bits per heavy atom. The minimum Gasteiger partial charge on any atom is -0.497 e. The van der Waals surface area contributed by atoms with Gasteiger partial charge in [-0.3, -0.25) is 4.79 Å². The van der Waals surface area contributed by atoms with Crippen LogP contribution in [0.4, 0.5) is 0 Å². The molecule has 3 aliphatic rings. The number of carbonyl (C=O) groups excluding carboxylic acids is 1. The second kappa shape index (κ2) is 12.7. The van der Waals surface area contributed by atoms with Gasteiger partial charge < -0.3 is 29.5 Å². The van der Waals surface area contributed by atoms with Crippen molar-refractivity contribution in [2.45, 2.75) is 67.8 Å². The van der Waals surface area contributed by atoms with Crippen LogP contribution in [0.5, 0.6) is 5.75 Å². The zero-order valence-electron chi connectivity index (χ0n) is 21.0. The van der Waals surface area contributed by atoms with Gasteiger partial charge in [0.05, 0.1) is 56.0 Å². The van der Waals surface area contributed by atoms with E-state index in [1.165, 1.54) is 42.8 Å². The van der Waals surface area contributed by atoms with Crippen LogP contribution in [0.1, 0.15) is 38.5 Å². The molecule has 0 aromatic heterocycles. The van der Waals surface area contributed by atoms with E-state index in [-0.39, 0.29) is 43.1 Å². The average molecular weight is 526 g/mol. The second-order valence-corrected chi connectivity index (χ2v) is 11.7. The molecular weight excluding hydrogens is 486 g/mol. The third kappa shape index (κ3) is 6.96. The number of amides is 1. The summed E-state index contributed by atoms with van der Waals surface area (Å²) in [6, 6.07) is 5.72. The van der Waals surface area contributed by atoms with Crippen molar-refractivity contribution in [2.24, 2.45) is 0 Å². The molecule has 3 saturated heterocycles. The molecule has 202 valence electrons. The molecule has 36 heavy (non-hydrogen) atoms. The maximum atomic E-state index is 13.6. The summed E-state index contributed by atoms with van der Waals surface area (Å²) in [5, 5.41) is 13.4. The van der Waals surface area contributed by atoms with Crippen LogP contribution in [0.25, 0.3) is 0 Å². The lowest BCUT2D eigenvalue weighted by molar-refractivity contribution is -0.146. The molecule has 4 atom stereocenters. The fourth-order valence-electron chi connectivity index (χ4n) is 5.27. The summed E-state index contributed by atoms with van der Waals surface area (Å²) in [4.78, 5) is 15.1. The number of sulfonamides is 1. The standard InChI is InChI=1S/C25H39N3O7S/c1-33-20-5-8-22(9-6-20)36(31,32)28-16-19(29)17-34-18-24-23(28)10-7-21(35-24)15-25(30)26-11-14-27-12-3-2-4-13-27/h5-6,8-9,19,21,23-24,29H,2-4,7,10-18H2,1H3,(H,26,30)/t19-,21-,23-,24+/m0/s1. The Bertz CT molecular complexity index is 953. The van der Waals surface area contributed by atoms with E-state index < -0.39 is 28.3 Å². The summed E-state index contributed by atoms with van der Waals surface area (Å²) in [6.07, 6.45) is 3.25. The quantitative estimate of drug-likeness (QED) is 0.516. The number of nitrogens with one attached hydrogen (secondary N) is 1. The third-order valence-corrected chi connectivity index (χ3v) is 9.12. The first-order chi connectivity index (χ1) is 17.4. The normalized spacial score (nSPS) is 28.5. The van der Waals surface area contributed by atoms with Gasteiger partial charge in [0.15, 0.2) is 0 Å². The van der Waals surface area contributed by atoms with Crippen molar-refractivity contribution in [1.29, 1.82) is 0 Å². The Balaban J connectivity index is 1.37. The Hall–Kier alpha value is -1.76. The number of piperidine rings is 1. The smallest absolute Gasteiger partial charge is 0.243 e. The van der Waals surface area contributed by atoms with E-state index in [4.69, 9.17) is 14.2 Å². The molecule has 11 heteroatoms. The van der Waals surface area contributed by atoms with Gasteiger partial charge >= 0.3 is 0 Å². The highest BCUT2D eigenvalue weighted by molar-refractivity contribution is 7.89. The fraction of sp³-hybridized carbons (Fsp3) is 0.720. The number of β-amino-alcohol motifs (C(OH)–C–C–N with tert-alkyl or cyclic N) is 1. The second-order valence-electron chi connectivity index (χ2n) is 9.84. The van der Waals surface area contributed by atoms with Gasteiger partial charge in [-0.25, -0.2) is 8.42 Å². The highest BCUT2D eigenvalue weighted by Gasteiger charge is 2.43. The summed E-state index contributed by atoms with van der Waals surface area (Å²) in [7, 11) is -2.37. The summed E-state index contributed by atoms with van der Waals surface area (Å²) in [6.45, 7) is 3.75. The molecule has 0 saturated carbocycles. The summed E-state index contributed by atoms with van der Waals surface area (Å²) in [5.41, 5.74) is 0. The van der Waals surface area contributed by atoms with E-state index in [0.29, 0.717) is 25.1 Å². The lowest BCUT2D eigenvalue weighted by atomic mass is 9.96. The number of benzene rings is 1. The Kier molecular flexibility index (Phi) is 9.59. The molecule has 0 spiro atoms. The third-order valence-electron chi connectivity index (χ3n) is 7.21. The van der Waals surface area contributed by atoms with Crippen LogP contribution in [0.15, 0.2) is 29.2 Å². The van der Waals surface area contributed by atoms with E-state index >= 15 is 0 Å². The number of nitrogens with zero attached hydrogens (tertiary/aromatic N) is 2. The molecule has 0 unspecified atom stereocenters. The minimum atomic E-state index is -3.89. The maximum Gasteiger partial charge on any atom is 0.243 e. The van der Waals surface area contributed by atoms with Gasteiger partial charge in [0.25, 0.3) is 0 Å². The lowest BCUT2D eigenvalue weighted by Gasteiger charge is -2.43. The van der Waals surface area contributed by atoms with Crippen molar-refractivity contribution in [3.8, 4) is 5.75 Å². The maximum absolute atomic E-state index is 13.6. The van der Waals surface area contributed by atoms with Crippen molar-refractivity contribution in [1.82, 2.24) is 14.5 Å². The van der Waals surface area contributed by atoms with E-state index in [0.717, 1.165) is 19.6 Å². The zero-order valence-corrected chi connectivity index (χ0v) is 21.8. The van der Waals surface area contributed by atoms with Crippen LogP contribution in [0.3, 0.4) is 0 Å². The number of aliphatic hydroxyl groups excluding tert-OH is 1. The summed E-state index contributed by atoms with van der Waals surface area (Å²) in [5.74, 6) is 0.506. The van der Waals surface area contributed by atoms with E-state index in [9.17, 15) is 18.3 Å². The molecule has 1 aromatic rings. The van der Waals surface area contributed by atoms with Gasteiger partial charge in [0, 0.05) is 19.6 Å². The van der Waals surface area contributed by atoms with Gasteiger partial charge in [0.2, 0.25) is 15.9 Å². The molecule has 0 bridgehead atoms. The number of aliphatic hydroxyl groups is 1. The van der Waals surface area contributed by atoms with Crippen LogP contribution < -0.4 is 10.1 Å². The van der Waals surface area contributed by atoms with Gasteiger partial charge in [0.1, 0.15) is 5.75 Å². The molecule has 2 N–H and O–H groups in total. The molecule has 1 amide bonds. The van der Waals surface area contributed by atoms with Crippen LogP contribution in [-0.2, 0) is 24.3 Å². The predicted molar refractivity (Wildman–Crippen MR) is 133 cm³/mol. The topological polar surface area (TPSA) is 118 Å². The van der Waals surface area contributed by atoms with Crippen LogP contribution >= 0.6 is 0 Å². The van der Waals surface area contributed by atoms with Crippen LogP contribution in [-0.4, -0.2) is 106 Å². The number of ether oxygens (including phenoxy) is 3. The van der Waals surface area contributed by atoms with Gasteiger partial charge in [-0.15, -0.1) is 0 Å². The van der Waals surface area contributed by atoms with E-state index in [1.807, 2.05) is 0 Å². The molecule has 3 fully saturated rings. The number of fused-ring (bicyclic) bond motifs is 1. The van der Waals surface area contributed by atoms with Gasteiger partial charge in [-0.1, -0.05) is 6.42 Å². The largest absolute Gasteiger partial charge is 0.497 e. The van der Waals surface area contributed by atoms with E-state index in [1.54, 1.807) is 12.1 Å². The first kappa shape index (κ1) is 27.3. The van der Waals surface area contributed by atoms with Crippen molar-refractivity contribution in [3.63, 3.8) is 0 Å². The van der Waals surface area contributed by atoms with Gasteiger partial charge in [-0.2, -0.15) is 4.31 Å². The highest BCUT2D eigenvalue weighted by atomic mass is 32.2. The first-order valence-electron chi connectivity index (χ1n) is 12.9. The predicted octanol–water partition coefficient (Wildman–Crippen LogP) is 0.985. The molecule has 3 aliphatic heterocycles. The van der Waals surface area contributed by atoms with Crippen molar-refractivity contribution in [3.05, 3.63) is 24.3 Å². The van der Waals surface area contributed by atoms with Crippen molar-refractivity contribution >= 4 is 15.9 Å². The minimum absolute atomic E-state index is 0.0167. The zero-order chi connectivity index (χ0) is 25.5. The number of hydrogen-bond acceptors (Lipinski definition) is 8. The van der Waals surface area contributed by atoms with Crippen LogP contribution in [0.2, 0.25) is 0 Å². The average Bonchev–Trinajstić information content (AvgIpc) is 2.87. The molecular formula is C25H39N3O7S. The van der Waals surface area contributed by atoms with Gasteiger partial charge in [-0.05, 0) is 63.0 Å². The van der Waals surface area contributed by atoms with E-state index in [2.05, 4.69) is 10.2 Å². The molecule has 1 aromatic carbocycles.